The molecule has 1 heterocycles. The van der Waals surface area contributed by atoms with Crippen LogP contribution >= 0.6 is 0 Å². The number of nitrogens with zero attached hydrogens (tertiary/aromatic N) is 1. The summed E-state index contributed by atoms with van der Waals surface area (Å²) in [5.74, 6) is -3.17. The van der Waals surface area contributed by atoms with E-state index in [1.807, 2.05) is 13.0 Å². The van der Waals surface area contributed by atoms with Crippen LogP contribution in [0.4, 0.5) is 5.69 Å². The molecule has 8 heteroatoms. The fourth-order valence-corrected chi connectivity index (χ4v) is 2.96. The summed E-state index contributed by atoms with van der Waals surface area (Å²) >= 11 is 0. The van der Waals surface area contributed by atoms with Crippen LogP contribution in [-0.2, 0) is 14.3 Å². The van der Waals surface area contributed by atoms with E-state index in [1.54, 1.807) is 31.2 Å². The van der Waals surface area contributed by atoms with Gasteiger partial charge in [0, 0.05) is 16.2 Å². The summed E-state index contributed by atoms with van der Waals surface area (Å²) in [5, 5.41) is 13.9. The van der Waals surface area contributed by atoms with Gasteiger partial charge in [-0.1, -0.05) is 30.3 Å². The summed E-state index contributed by atoms with van der Waals surface area (Å²) in [6.45, 7) is 3.59. The molecule has 2 aromatic rings. The minimum absolute atomic E-state index is 0.150. The number of esters is 1. The molecule has 0 aliphatic carbocycles. The maximum Gasteiger partial charge on any atom is 0.339 e. The van der Waals surface area contributed by atoms with E-state index in [0.29, 0.717) is 5.69 Å². The van der Waals surface area contributed by atoms with Crippen molar-refractivity contribution in [2.24, 2.45) is 0 Å². The highest BCUT2D eigenvalue weighted by Gasteiger charge is 2.49. The zero-order valence-corrected chi connectivity index (χ0v) is 14.6. The molecule has 0 fully saturated rings. The standard InChI is InChI=1S/C19H16N2O6/c1-10-6-5-9-14(11(10)2)20-18(23)16(22)15(21(25)26)17-12-7-3-4-8-13(12)19(24)27-17/h3-9,15,17H,1-2H3,(H,20,23)/t15-,17+/m0/s1. The summed E-state index contributed by atoms with van der Waals surface area (Å²) in [7, 11) is 0. The van der Waals surface area contributed by atoms with Crippen LogP contribution in [0.25, 0.3) is 0 Å². The van der Waals surface area contributed by atoms with Crippen molar-refractivity contribution in [3.05, 3.63) is 74.8 Å². The van der Waals surface area contributed by atoms with Crippen LogP contribution in [-0.4, -0.2) is 28.6 Å². The SMILES string of the molecule is Cc1cccc(NC(=O)C(=O)[C@@H]([C@@H]2OC(=O)c3ccccc32)[N+](=O)[O-])c1C. The first-order valence-electron chi connectivity index (χ1n) is 8.16. The number of benzene rings is 2. The molecule has 27 heavy (non-hydrogen) atoms. The lowest BCUT2D eigenvalue weighted by Gasteiger charge is -2.16. The first-order valence-corrected chi connectivity index (χ1v) is 8.16. The second-order valence-electron chi connectivity index (χ2n) is 6.21. The normalized spacial score (nSPS) is 16.2. The van der Waals surface area contributed by atoms with Gasteiger partial charge in [0.1, 0.15) is 0 Å². The number of hydrogen-bond donors (Lipinski definition) is 1. The van der Waals surface area contributed by atoms with Crippen LogP contribution in [0.5, 0.6) is 0 Å². The van der Waals surface area contributed by atoms with E-state index in [-0.39, 0.29) is 11.1 Å². The van der Waals surface area contributed by atoms with Crippen molar-refractivity contribution in [1.29, 1.82) is 0 Å². The molecule has 0 aromatic heterocycles. The molecule has 0 bridgehead atoms. The lowest BCUT2D eigenvalue weighted by Crippen LogP contribution is -2.42. The molecule has 8 nitrogen and oxygen atoms in total. The summed E-state index contributed by atoms with van der Waals surface area (Å²) in [6, 6.07) is 9.18. The lowest BCUT2D eigenvalue weighted by molar-refractivity contribution is -0.518. The number of aryl methyl sites for hydroxylation is 1. The van der Waals surface area contributed by atoms with Gasteiger partial charge >= 0.3 is 12.0 Å². The number of cyclic esters (lactones) is 1. The fraction of sp³-hybridized carbons (Fsp3) is 0.211. The Morgan fingerprint density at radius 1 is 1.15 bits per heavy atom. The van der Waals surface area contributed by atoms with E-state index in [0.717, 1.165) is 11.1 Å². The minimum Gasteiger partial charge on any atom is -0.446 e. The highest BCUT2D eigenvalue weighted by atomic mass is 16.6. The first kappa shape index (κ1) is 18.2. The van der Waals surface area contributed by atoms with Crippen molar-refractivity contribution in [3.8, 4) is 0 Å². The van der Waals surface area contributed by atoms with E-state index in [2.05, 4.69) is 5.32 Å². The van der Waals surface area contributed by atoms with E-state index in [1.165, 1.54) is 12.1 Å². The predicted molar refractivity (Wildman–Crippen MR) is 94.9 cm³/mol. The second-order valence-corrected chi connectivity index (χ2v) is 6.21. The summed E-state index contributed by atoms with van der Waals surface area (Å²) in [5.41, 5.74) is 2.40. The molecule has 1 aliphatic heterocycles. The quantitative estimate of drug-likeness (QED) is 0.375. The van der Waals surface area contributed by atoms with Gasteiger partial charge in [-0.25, -0.2) is 4.79 Å². The number of nitro groups is 1. The van der Waals surface area contributed by atoms with Gasteiger partial charge in [0.05, 0.1) is 5.56 Å². The molecule has 0 radical (unpaired) electrons. The first-order chi connectivity index (χ1) is 12.8. The maximum absolute atomic E-state index is 12.5. The monoisotopic (exact) mass is 368 g/mol. The molecule has 138 valence electrons. The van der Waals surface area contributed by atoms with Gasteiger partial charge in [-0.3, -0.25) is 19.7 Å². The highest BCUT2D eigenvalue weighted by molar-refractivity contribution is 6.42. The van der Waals surface area contributed by atoms with E-state index >= 15 is 0 Å². The van der Waals surface area contributed by atoms with Crippen molar-refractivity contribution in [2.45, 2.75) is 26.0 Å². The van der Waals surface area contributed by atoms with Crippen LogP contribution in [0.2, 0.25) is 0 Å². The van der Waals surface area contributed by atoms with E-state index < -0.39 is 34.7 Å². The Balaban J connectivity index is 1.89. The number of rotatable bonds is 5. The molecule has 1 amide bonds. The van der Waals surface area contributed by atoms with Crippen molar-refractivity contribution >= 4 is 23.3 Å². The number of ether oxygens (including phenoxy) is 1. The van der Waals surface area contributed by atoms with Crippen LogP contribution in [0.1, 0.15) is 33.2 Å². The molecule has 3 rings (SSSR count). The van der Waals surface area contributed by atoms with Crippen LogP contribution in [0.3, 0.4) is 0 Å². The molecule has 0 unspecified atom stereocenters. The molecule has 2 atom stereocenters. The Morgan fingerprint density at radius 3 is 2.56 bits per heavy atom. The number of nitrogens with one attached hydrogen (secondary N) is 1. The highest BCUT2D eigenvalue weighted by Crippen LogP contribution is 2.34. The number of Topliss-reactive ketones (excluding diaryl/α,β-unsaturated/α-hetero) is 1. The van der Waals surface area contributed by atoms with Crippen LogP contribution in [0, 0.1) is 24.0 Å². The maximum atomic E-state index is 12.5. The fourth-order valence-electron chi connectivity index (χ4n) is 2.96. The lowest BCUT2D eigenvalue weighted by atomic mass is 9.97. The summed E-state index contributed by atoms with van der Waals surface area (Å²) < 4.78 is 5.04. The van der Waals surface area contributed by atoms with Gasteiger partial charge < -0.3 is 10.1 Å². The van der Waals surface area contributed by atoms with E-state index in [9.17, 15) is 24.5 Å². The molecule has 1 N–H and O–H groups in total. The molecule has 0 saturated heterocycles. The predicted octanol–water partition coefficient (Wildman–Crippen LogP) is 2.37. The van der Waals surface area contributed by atoms with Gasteiger partial charge in [0.2, 0.25) is 6.10 Å². The Labute approximate surface area is 154 Å². The number of ketones is 1. The second kappa shape index (κ2) is 6.99. The summed E-state index contributed by atoms with van der Waals surface area (Å²) in [6.07, 6.45) is -1.44. The van der Waals surface area contributed by atoms with Gasteiger partial charge in [-0.05, 0) is 37.1 Å². The van der Waals surface area contributed by atoms with Crippen LogP contribution < -0.4 is 5.32 Å². The van der Waals surface area contributed by atoms with Gasteiger partial charge in [-0.2, -0.15) is 0 Å². The Bertz CT molecular complexity index is 968. The number of carbonyl (C=O) groups is 3. The molecule has 0 saturated carbocycles. The molecule has 1 aliphatic rings. The Hall–Kier alpha value is -3.55. The third-order valence-corrected chi connectivity index (χ3v) is 4.58. The minimum atomic E-state index is -2.03. The number of amides is 1. The number of carbonyl (C=O) groups excluding carboxylic acids is 3. The largest absolute Gasteiger partial charge is 0.446 e. The van der Waals surface area contributed by atoms with Crippen molar-refractivity contribution < 1.29 is 24.0 Å². The topological polar surface area (TPSA) is 116 Å². The van der Waals surface area contributed by atoms with E-state index in [4.69, 9.17) is 4.74 Å². The zero-order valence-electron chi connectivity index (χ0n) is 14.6. The zero-order chi connectivity index (χ0) is 19.7. The van der Waals surface area contributed by atoms with Crippen molar-refractivity contribution in [3.63, 3.8) is 0 Å². The molecule has 2 aromatic carbocycles. The smallest absolute Gasteiger partial charge is 0.339 e. The number of fused-ring (bicyclic) bond motifs is 1. The number of anilines is 1. The Kier molecular flexibility index (Phi) is 4.72. The van der Waals surface area contributed by atoms with Gasteiger partial charge in [0.15, 0.2) is 0 Å². The molecular weight excluding hydrogens is 352 g/mol. The van der Waals surface area contributed by atoms with Gasteiger partial charge in [0.25, 0.3) is 11.7 Å². The molecule has 0 spiro atoms. The average molecular weight is 368 g/mol. The van der Waals surface area contributed by atoms with Crippen molar-refractivity contribution in [1.82, 2.24) is 0 Å². The summed E-state index contributed by atoms with van der Waals surface area (Å²) in [4.78, 5) is 47.5. The third-order valence-electron chi connectivity index (χ3n) is 4.58. The van der Waals surface area contributed by atoms with Crippen molar-refractivity contribution in [2.75, 3.05) is 5.32 Å². The third kappa shape index (κ3) is 3.29. The number of hydrogen-bond acceptors (Lipinski definition) is 6. The molecular formula is C19H16N2O6. The average Bonchev–Trinajstić information content (AvgIpc) is 2.95. The van der Waals surface area contributed by atoms with Crippen LogP contribution in [0.15, 0.2) is 42.5 Å². The van der Waals surface area contributed by atoms with Gasteiger partial charge in [-0.15, -0.1) is 0 Å². The Morgan fingerprint density at radius 2 is 1.85 bits per heavy atom.